The summed E-state index contributed by atoms with van der Waals surface area (Å²) in [5.41, 5.74) is 2.11. The molecule has 3 aromatic rings. The molecule has 0 saturated carbocycles. The lowest BCUT2D eigenvalue weighted by atomic mass is 10.2. The first-order valence-electron chi connectivity index (χ1n) is 6.23. The molecule has 0 radical (unpaired) electrons. The second kappa shape index (κ2) is 5.66. The zero-order chi connectivity index (χ0) is 14.7. The van der Waals surface area contributed by atoms with Crippen LogP contribution in [0, 0.1) is 11.6 Å². The lowest BCUT2D eigenvalue weighted by Crippen LogP contribution is -2.02. The topological polar surface area (TPSA) is 55.6 Å². The molecule has 0 amide bonds. The van der Waals surface area contributed by atoms with E-state index in [0.29, 0.717) is 12.1 Å². The third-order valence-electron chi connectivity index (χ3n) is 2.88. The predicted octanol–water partition coefficient (Wildman–Crippen LogP) is 2.55. The summed E-state index contributed by atoms with van der Waals surface area (Å²) in [5, 5.41) is 14.0. The van der Waals surface area contributed by atoms with Gasteiger partial charge in [0, 0.05) is 18.3 Å². The van der Waals surface area contributed by atoms with E-state index in [9.17, 15) is 8.78 Å². The monoisotopic (exact) mass is 287 g/mol. The predicted molar refractivity (Wildman–Crippen MR) is 72.8 cm³/mol. The SMILES string of the molecule is Fc1cc(F)cc(CNc2cccc(-n3cnnn3)c2)c1. The molecule has 5 nitrogen and oxygen atoms in total. The maximum Gasteiger partial charge on any atom is 0.143 e. The lowest BCUT2D eigenvalue weighted by molar-refractivity contribution is 0.580. The van der Waals surface area contributed by atoms with E-state index in [1.165, 1.54) is 23.1 Å². The van der Waals surface area contributed by atoms with Gasteiger partial charge in [0.2, 0.25) is 0 Å². The van der Waals surface area contributed by atoms with Gasteiger partial charge < -0.3 is 5.32 Å². The van der Waals surface area contributed by atoms with Crippen LogP contribution in [0.25, 0.3) is 5.69 Å². The first-order chi connectivity index (χ1) is 10.2. The number of nitrogens with one attached hydrogen (secondary N) is 1. The van der Waals surface area contributed by atoms with Gasteiger partial charge in [-0.1, -0.05) is 6.07 Å². The fourth-order valence-electron chi connectivity index (χ4n) is 1.96. The molecule has 0 atom stereocenters. The second-order valence-corrected chi connectivity index (χ2v) is 4.44. The highest BCUT2D eigenvalue weighted by Gasteiger charge is 2.02. The van der Waals surface area contributed by atoms with Gasteiger partial charge in [-0.2, -0.15) is 0 Å². The van der Waals surface area contributed by atoms with Crippen molar-refractivity contribution in [2.45, 2.75) is 6.54 Å². The highest BCUT2D eigenvalue weighted by atomic mass is 19.1. The highest BCUT2D eigenvalue weighted by Crippen LogP contribution is 2.15. The highest BCUT2D eigenvalue weighted by molar-refractivity contribution is 5.51. The minimum absolute atomic E-state index is 0.313. The molecule has 0 aliphatic carbocycles. The van der Waals surface area contributed by atoms with Crippen molar-refractivity contribution in [3.05, 3.63) is 66.0 Å². The Labute approximate surface area is 119 Å². The molecule has 0 bridgehead atoms. The fourth-order valence-corrected chi connectivity index (χ4v) is 1.96. The standard InChI is InChI=1S/C14H11F2N5/c15-11-4-10(5-12(16)6-11)8-17-13-2-1-3-14(7-13)21-9-18-19-20-21/h1-7,9,17H,8H2. The molecule has 0 aliphatic heterocycles. The molecule has 0 spiro atoms. The molecule has 7 heteroatoms. The molecule has 106 valence electrons. The Kier molecular flexibility index (Phi) is 3.55. The molecular weight excluding hydrogens is 276 g/mol. The van der Waals surface area contributed by atoms with Gasteiger partial charge in [-0.15, -0.1) is 5.10 Å². The van der Waals surface area contributed by atoms with E-state index in [0.717, 1.165) is 17.4 Å². The number of anilines is 1. The van der Waals surface area contributed by atoms with Crippen molar-refractivity contribution in [3.8, 4) is 5.69 Å². The van der Waals surface area contributed by atoms with E-state index in [-0.39, 0.29) is 0 Å². The molecule has 2 aromatic carbocycles. The first-order valence-corrected chi connectivity index (χ1v) is 6.23. The average molecular weight is 287 g/mol. The Hall–Kier alpha value is -2.83. The summed E-state index contributed by atoms with van der Waals surface area (Å²) < 4.78 is 27.7. The van der Waals surface area contributed by atoms with Crippen LogP contribution in [0.3, 0.4) is 0 Å². The average Bonchev–Trinajstić information content (AvgIpc) is 2.99. The van der Waals surface area contributed by atoms with Gasteiger partial charge in [0.1, 0.15) is 18.0 Å². The first kappa shape index (κ1) is 13.2. The van der Waals surface area contributed by atoms with Crippen molar-refractivity contribution in [2.75, 3.05) is 5.32 Å². The second-order valence-electron chi connectivity index (χ2n) is 4.44. The van der Waals surface area contributed by atoms with Gasteiger partial charge in [-0.05, 0) is 46.3 Å². The van der Waals surface area contributed by atoms with Crippen molar-refractivity contribution in [3.63, 3.8) is 0 Å². The van der Waals surface area contributed by atoms with E-state index in [1.807, 2.05) is 24.3 Å². The third-order valence-corrected chi connectivity index (χ3v) is 2.88. The zero-order valence-electron chi connectivity index (χ0n) is 10.9. The van der Waals surface area contributed by atoms with E-state index >= 15 is 0 Å². The van der Waals surface area contributed by atoms with Crippen molar-refractivity contribution >= 4 is 5.69 Å². The van der Waals surface area contributed by atoms with E-state index in [2.05, 4.69) is 20.8 Å². The zero-order valence-corrected chi connectivity index (χ0v) is 10.9. The normalized spacial score (nSPS) is 10.6. The molecule has 1 aromatic heterocycles. The molecule has 0 fully saturated rings. The van der Waals surface area contributed by atoms with Crippen molar-refractivity contribution < 1.29 is 8.78 Å². The Morgan fingerprint density at radius 1 is 1.05 bits per heavy atom. The summed E-state index contributed by atoms with van der Waals surface area (Å²) in [4.78, 5) is 0. The van der Waals surface area contributed by atoms with Crippen LogP contribution in [0.5, 0.6) is 0 Å². The number of halogens is 2. The van der Waals surface area contributed by atoms with Gasteiger partial charge in [0.05, 0.1) is 5.69 Å². The van der Waals surface area contributed by atoms with Gasteiger partial charge in [-0.25, -0.2) is 13.5 Å². The minimum atomic E-state index is -0.589. The summed E-state index contributed by atoms with van der Waals surface area (Å²) in [6.07, 6.45) is 1.49. The number of benzene rings is 2. The largest absolute Gasteiger partial charge is 0.381 e. The van der Waals surface area contributed by atoms with Crippen LogP contribution in [0.4, 0.5) is 14.5 Å². The van der Waals surface area contributed by atoms with Gasteiger partial charge in [0.15, 0.2) is 0 Å². The quantitative estimate of drug-likeness (QED) is 0.801. The number of rotatable bonds is 4. The summed E-state index contributed by atoms with van der Waals surface area (Å²) >= 11 is 0. The van der Waals surface area contributed by atoms with Gasteiger partial charge in [-0.3, -0.25) is 0 Å². The van der Waals surface area contributed by atoms with E-state index < -0.39 is 11.6 Å². The maximum absolute atomic E-state index is 13.1. The van der Waals surface area contributed by atoms with Gasteiger partial charge >= 0.3 is 0 Å². The maximum atomic E-state index is 13.1. The molecule has 21 heavy (non-hydrogen) atoms. The van der Waals surface area contributed by atoms with Crippen LogP contribution in [-0.4, -0.2) is 20.2 Å². The molecule has 0 unspecified atom stereocenters. The number of hydrogen-bond donors (Lipinski definition) is 1. The van der Waals surface area contributed by atoms with Crippen LogP contribution in [0.15, 0.2) is 48.8 Å². The number of hydrogen-bond acceptors (Lipinski definition) is 4. The molecule has 0 saturated heterocycles. The number of aromatic nitrogens is 4. The van der Waals surface area contributed by atoms with Crippen LogP contribution in [-0.2, 0) is 6.54 Å². The third kappa shape index (κ3) is 3.19. The summed E-state index contributed by atoms with van der Waals surface area (Å²) in [6.45, 7) is 0.313. The van der Waals surface area contributed by atoms with Crippen LogP contribution >= 0.6 is 0 Å². The number of tetrazole rings is 1. The Bertz CT molecular complexity index is 723. The van der Waals surface area contributed by atoms with Crippen LogP contribution in [0.1, 0.15) is 5.56 Å². The Balaban J connectivity index is 1.75. The Morgan fingerprint density at radius 3 is 2.57 bits per heavy atom. The van der Waals surface area contributed by atoms with Crippen LogP contribution < -0.4 is 5.32 Å². The summed E-state index contributed by atoms with van der Waals surface area (Å²) in [6, 6.07) is 10.8. The number of nitrogens with zero attached hydrogens (tertiary/aromatic N) is 4. The molecular formula is C14H11F2N5. The molecule has 3 rings (SSSR count). The smallest absolute Gasteiger partial charge is 0.143 e. The molecule has 1 N–H and O–H groups in total. The summed E-state index contributed by atoms with van der Waals surface area (Å²) in [5.74, 6) is -1.18. The summed E-state index contributed by atoms with van der Waals surface area (Å²) in [7, 11) is 0. The van der Waals surface area contributed by atoms with Crippen molar-refractivity contribution in [2.24, 2.45) is 0 Å². The van der Waals surface area contributed by atoms with Crippen LogP contribution in [0.2, 0.25) is 0 Å². The van der Waals surface area contributed by atoms with Gasteiger partial charge in [0.25, 0.3) is 0 Å². The molecule has 1 heterocycles. The Morgan fingerprint density at radius 2 is 1.86 bits per heavy atom. The fraction of sp³-hybridized carbons (Fsp3) is 0.0714. The van der Waals surface area contributed by atoms with E-state index in [1.54, 1.807) is 0 Å². The molecule has 0 aliphatic rings. The lowest BCUT2D eigenvalue weighted by Gasteiger charge is -2.08. The van der Waals surface area contributed by atoms with Crippen molar-refractivity contribution in [1.82, 2.24) is 20.2 Å². The minimum Gasteiger partial charge on any atom is -0.381 e. The van der Waals surface area contributed by atoms with Crippen molar-refractivity contribution in [1.29, 1.82) is 0 Å². The van der Waals surface area contributed by atoms with E-state index in [4.69, 9.17) is 0 Å².